The highest BCUT2D eigenvalue weighted by molar-refractivity contribution is 5.43. The van der Waals surface area contributed by atoms with Crippen LogP contribution in [0.5, 0.6) is 5.75 Å². The fourth-order valence-corrected chi connectivity index (χ4v) is 1.07. The molecule has 0 saturated carbocycles. The SMILES string of the molecule is CCc1ccnc(C#N)c1OC. The van der Waals surface area contributed by atoms with Crippen molar-refractivity contribution in [3.05, 3.63) is 23.5 Å². The highest BCUT2D eigenvalue weighted by atomic mass is 16.5. The molecule has 1 aromatic rings. The minimum Gasteiger partial charge on any atom is -0.493 e. The highest BCUT2D eigenvalue weighted by Crippen LogP contribution is 2.20. The molecule has 62 valence electrons. The molecule has 0 aliphatic rings. The molecule has 0 amide bonds. The second-order valence-electron chi connectivity index (χ2n) is 2.32. The first kappa shape index (κ1) is 8.54. The summed E-state index contributed by atoms with van der Waals surface area (Å²) < 4.78 is 5.07. The Bertz CT molecular complexity index is 315. The minimum atomic E-state index is 0.358. The molecule has 3 nitrogen and oxygen atoms in total. The van der Waals surface area contributed by atoms with Gasteiger partial charge in [0.15, 0.2) is 11.4 Å². The molecule has 1 rings (SSSR count). The van der Waals surface area contributed by atoms with Crippen LogP contribution in [0.3, 0.4) is 0 Å². The number of methoxy groups -OCH3 is 1. The van der Waals surface area contributed by atoms with Crippen LogP contribution < -0.4 is 4.74 Å². The Labute approximate surface area is 71.6 Å². The van der Waals surface area contributed by atoms with Gasteiger partial charge in [0.2, 0.25) is 0 Å². The number of hydrogen-bond acceptors (Lipinski definition) is 3. The summed E-state index contributed by atoms with van der Waals surface area (Å²) in [5.74, 6) is 0.600. The van der Waals surface area contributed by atoms with Gasteiger partial charge < -0.3 is 4.74 Å². The topological polar surface area (TPSA) is 45.9 Å². The van der Waals surface area contributed by atoms with Crippen LogP contribution in [0.4, 0.5) is 0 Å². The van der Waals surface area contributed by atoms with E-state index in [4.69, 9.17) is 10.00 Å². The van der Waals surface area contributed by atoms with Gasteiger partial charge in [-0.05, 0) is 18.1 Å². The number of ether oxygens (including phenoxy) is 1. The molecule has 0 aliphatic carbocycles. The third-order valence-corrected chi connectivity index (χ3v) is 1.68. The molecule has 0 spiro atoms. The smallest absolute Gasteiger partial charge is 0.182 e. The lowest BCUT2D eigenvalue weighted by Gasteiger charge is -2.05. The first-order valence-electron chi connectivity index (χ1n) is 3.75. The molecule has 0 bridgehead atoms. The van der Waals surface area contributed by atoms with E-state index in [9.17, 15) is 0 Å². The van der Waals surface area contributed by atoms with E-state index in [0.29, 0.717) is 11.4 Å². The molecule has 0 fully saturated rings. The lowest BCUT2D eigenvalue weighted by atomic mass is 10.1. The van der Waals surface area contributed by atoms with Gasteiger partial charge >= 0.3 is 0 Å². The van der Waals surface area contributed by atoms with Gasteiger partial charge in [0, 0.05) is 6.20 Å². The third-order valence-electron chi connectivity index (χ3n) is 1.68. The summed E-state index contributed by atoms with van der Waals surface area (Å²) >= 11 is 0. The van der Waals surface area contributed by atoms with Gasteiger partial charge in [-0.1, -0.05) is 6.92 Å². The number of hydrogen-bond donors (Lipinski definition) is 0. The van der Waals surface area contributed by atoms with Crippen LogP contribution in [0.15, 0.2) is 12.3 Å². The van der Waals surface area contributed by atoms with Crippen LogP contribution in [0.2, 0.25) is 0 Å². The zero-order valence-electron chi connectivity index (χ0n) is 7.16. The summed E-state index contributed by atoms with van der Waals surface area (Å²) in [6.07, 6.45) is 2.47. The van der Waals surface area contributed by atoms with E-state index >= 15 is 0 Å². The van der Waals surface area contributed by atoms with Crippen LogP contribution in [0.1, 0.15) is 18.2 Å². The molecule has 3 heteroatoms. The summed E-state index contributed by atoms with van der Waals surface area (Å²) in [4.78, 5) is 3.89. The molecule has 0 unspecified atom stereocenters. The number of nitriles is 1. The third kappa shape index (κ3) is 1.37. The van der Waals surface area contributed by atoms with Crippen LogP contribution in [0.25, 0.3) is 0 Å². The number of pyridine rings is 1. The predicted molar refractivity (Wildman–Crippen MR) is 44.9 cm³/mol. The Kier molecular flexibility index (Phi) is 2.65. The van der Waals surface area contributed by atoms with Crippen molar-refractivity contribution in [1.29, 1.82) is 5.26 Å². The van der Waals surface area contributed by atoms with Gasteiger partial charge in [0.25, 0.3) is 0 Å². The minimum absolute atomic E-state index is 0.358. The Morgan fingerprint density at radius 1 is 1.67 bits per heavy atom. The quantitative estimate of drug-likeness (QED) is 0.662. The van der Waals surface area contributed by atoms with Gasteiger partial charge in [-0.25, -0.2) is 4.98 Å². The summed E-state index contributed by atoms with van der Waals surface area (Å²) in [6, 6.07) is 3.85. The zero-order valence-corrected chi connectivity index (χ0v) is 7.16. The first-order valence-corrected chi connectivity index (χ1v) is 3.75. The van der Waals surface area contributed by atoms with Crippen LogP contribution in [0, 0.1) is 11.3 Å². The molecular weight excluding hydrogens is 152 g/mol. The number of aromatic nitrogens is 1. The number of rotatable bonds is 2. The Morgan fingerprint density at radius 2 is 2.42 bits per heavy atom. The van der Waals surface area contributed by atoms with Crippen molar-refractivity contribution in [2.45, 2.75) is 13.3 Å². The van der Waals surface area contributed by atoms with E-state index in [1.807, 2.05) is 19.1 Å². The largest absolute Gasteiger partial charge is 0.493 e. The molecule has 12 heavy (non-hydrogen) atoms. The fourth-order valence-electron chi connectivity index (χ4n) is 1.07. The van der Waals surface area contributed by atoms with E-state index in [1.54, 1.807) is 13.3 Å². The molecule has 0 saturated heterocycles. The van der Waals surface area contributed by atoms with Gasteiger partial charge in [0.05, 0.1) is 7.11 Å². The number of nitrogens with zero attached hydrogens (tertiary/aromatic N) is 2. The molecule has 0 atom stereocenters. The van der Waals surface area contributed by atoms with Crippen LogP contribution in [-0.4, -0.2) is 12.1 Å². The first-order chi connectivity index (χ1) is 5.83. The molecule has 0 radical (unpaired) electrons. The lowest BCUT2D eigenvalue weighted by Crippen LogP contribution is -1.95. The maximum Gasteiger partial charge on any atom is 0.182 e. The van der Waals surface area contributed by atoms with Crippen LogP contribution in [-0.2, 0) is 6.42 Å². The van der Waals surface area contributed by atoms with E-state index < -0.39 is 0 Å². The summed E-state index contributed by atoms with van der Waals surface area (Å²) in [6.45, 7) is 2.01. The van der Waals surface area contributed by atoms with Gasteiger partial charge in [-0.3, -0.25) is 0 Å². The average Bonchev–Trinajstić information content (AvgIpc) is 2.16. The predicted octanol–water partition coefficient (Wildman–Crippen LogP) is 1.52. The number of aryl methyl sites for hydroxylation is 1. The average molecular weight is 162 g/mol. The molecule has 1 aromatic heterocycles. The van der Waals surface area contributed by atoms with Crippen molar-refractivity contribution in [1.82, 2.24) is 4.98 Å². The van der Waals surface area contributed by atoms with Crippen molar-refractivity contribution >= 4 is 0 Å². The molecule has 1 heterocycles. The van der Waals surface area contributed by atoms with Gasteiger partial charge in [-0.2, -0.15) is 5.26 Å². The molecule has 0 N–H and O–H groups in total. The van der Waals surface area contributed by atoms with E-state index in [1.165, 1.54) is 0 Å². The summed E-state index contributed by atoms with van der Waals surface area (Å²) in [5, 5.41) is 8.68. The monoisotopic (exact) mass is 162 g/mol. The second kappa shape index (κ2) is 3.72. The van der Waals surface area contributed by atoms with E-state index in [0.717, 1.165) is 12.0 Å². The summed E-state index contributed by atoms with van der Waals surface area (Å²) in [5.41, 5.74) is 1.38. The van der Waals surface area contributed by atoms with Gasteiger partial charge in [-0.15, -0.1) is 0 Å². The van der Waals surface area contributed by atoms with Crippen molar-refractivity contribution in [3.63, 3.8) is 0 Å². The normalized spacial score (nSPS) is 9.08. The van der Waals surface area contributed by atoms with E-state index in [-0.39, 0.29) is 0 Å². The van der Waals surface area contributed by atoms with Crippen molar-refractivity contribution in [3.8, 4) is 11.8 Å². The lowest BCUT2D eigenvalue weighted by molar-refractivity contribution is 0.406. The van der Waals surface area contributed by atoms with Crippen molar-refractivity contribution in [2.75, 3.05) is 7.11 Å². The Morgan fingerprint density at radius 3 is 2.92 bits per heavy atom. The fraction of sp³-hybridized carbons (Fsp3) is 0.333. The van der Waals surface area contributed by atoms with Crippen molar-refractivity contribution in [2.24, 2.45) is 0 Å². The second-order valence-corrected chi connectivity index (χ2v) is 2.32. The van der Waals surface area contributed by atoms with E-state index in [2.05, 4.69) is 4.98 Å². The van der Waals surface area contributed by atoms with Crippen LogP contribution >= 0.6 is 0 Å². The highest BCUT2D eigenvalue weighted by Gasteiger charge is 2.07. The maximum atomic E-state index is 8.68. The van der Waals surface area contributed by atoms with Gasteiger partial charge in [0.1, 0.15) is 6.07 Å². The molecule has 0 aliphatic heterocycles. The zero-order chi connectivity index (χ0) is 8.97. The Balaban J connectivity index is 3.24. The summed E-state index contributed by atoms with van der Waals surface area (Å²) in [7, 11) is 1.55. The maximum absolute atomic E-state index is 8.68. The standard InChI is InChI=1S/C9H10N2O/c1-3-7-4-5-11-8(6-10)9(7)12-2/h4-5H,3H2,1-2H3. The van der Waals surface area contributed by atoms with Crippen molar-refractivity contribution < 1.29 is 4.74 Å². The Hall–Kier alpha value is -1.56. The molecular formula is C9H10N2O. The molecule has 0 aromatic carbocycles.